The van der Waals surface area contributed by atoms with E-state index >= 15 is 0 Å². The van der Waals surface area contributed by atoms with E-state index < -0.39 is 0 Å². The van der Waals surface area contributed by atoms with Gasteiger partial charge in [0, 0.05) is 32.8 Å². The van der Waals surface area contributed by atoms with Crippen LogP contribution in [0.2, 0.25) is 0 Å². The molecule has 0 aromatic rings. The zero-order valence-corrected chi connectivity index (χ0v) is 12.2. The molecule has 0 atom stereocenters. The molecule has 0 amide bonds. The Hall–Kier alpha value is -0.350. The molecule has 0 aliphatic carbocycles. The molecule has 1 fully saturated rings. The number of hydrogen-bond donors (Lipinski definition) is 1. The Morgan fingerprint density at radius 3 is 2.59 bits per heavy atom. The fourth-order valence-electron chi connectivity index (χ4n) is 1.94. The molecule has 0 aromatic carbocycles. The van der Waals surface area contributed by atoms with E-state index in [-0.39, 0.29) is 0 Å². The van der Waals surface area contributed by atoms with Crippen LogP contribution in [0.1, 0.15) is 40.0 Å². The van der Waals surface area contributed by atoms with Crippen molar-refractivity contribution in [2.75, 3.05) is 32.8 Å². The van der Waals surface area contributed by atoms with Crippen LogP contribution in [-0.4, -0.2) is 42.9 Å². The molecule has 1 heterocycles. The van der Waals surface area contributed by atoms with Gasteiger partial charge in [0.25, 0.3) is 0 Å². The molecule has 0 aromatic heterocycles. The van der Waals surface area contributed by atoms with Crippen LogP contribution in [0.4, 0.5) is 0 Å². The maximum Gasteiger partial charge on any atom is 0.168 e. The van der Waals surface area contributed by atoms with Crippen molar-refractivity contribution in [3.63, 3.8) is 0 Å². The topological polar surface area (TPSA) is 24.5 Å². The van der Waals surface area contributed by atoms with Crippen molar-refractivity contribution in [2.24, 2.45) is 5.41 Å². The molecule has 1 aliphatic rings. The van der Waals surface area contributed by atoms with Gasteiger partial charge < -0.3 is 15.0 Å². The van der Waals surface area contributed by atoms with Crippen LogP contribution in [0.25, 0.3) is 0 Å². The van der Waals surface area contributed by atoms with E-state index in [1.165, 1.54) is 12.8 Å². The van der Waals surface area contributed by atoms with Crippen LogP contribution in [0.5, 0.6) is 0 Å². The predicted molar refractivity (Wildman–Crippen MR) is 76.3 cm³/mol. The Morgan fingerprint density at radius 2 is 2.00 bits per heavy atom. The molecule has 4 heteroatoms. The third kappa shape index (κ3) is 5.68. The van der Waals surface area contributed by atoms with Crippen LogP contribution >= 0.6 is 12.2 Å². The standard InChI is InChI=1S/C13H26N2OS/c1-4-16-11-5-8-14-12(17)15-9-6-13(2,3)7-10-15/h4-11H2,1-3H3,(H,14,17). The number of nitrogens with one attached hydrogen (secondary N) is 1. The average molecular weight is 258 g/mol. The van der Waals surface area contributed by atoms with E-state index in [9.17, 15) is 0 Å². The summed E-state index contributed by atoms with van der Waals surface area (Å²) >= 11 is 5.40. The first-order chi connectivity index (χ1) is 8.05. The smallest absolute Gasteiger partial charge is 0.168 e. The van der Waals surface area contributed by atoms with Crippen molar-refractivity contribution in [3.8, 4) is 0 Å². The molecule has 1 saturated heterocycles. The third-order valence-electron chi connectivity index (χ3n) is 3.35. The monoisotopic (exact) mass is 258 g/mol. The summed E-state index contributed by atoms with van der Waals surface area (Å²) in [5.41, 5.74) is 0.487. The summed E-state index contributed by atoms with van der Waals surface area (Å²) in [5.74, 6) is 0. The first-order valence-corrected chi connectivity index (χ1v) is 7.06. The lowest BCUT2D eigenvalue weighted by Crippen LogP contribution is -2.46. The summed E-state index contributed by atoms with van der Waals surface area (Å²) in [5, 5.41) is 4.23. The maximum absolute atomic E-state index is 5.40. The Balaban J connectivity index is 2.12. The second-order valence-electron chi connectivity index (χ2n) is 5.43. The summed E-state index contributed by atoms with van der Waals surface area (Å²) in [6, 6.07) is 0. The second kappa shape index (κ2) is 7.17. The molecule has 1 aliphatic heterocycles. The molecule has 3 nitrogen and oxygen atoms in total. The van der Waals surface area contributed by atoms with Crippen LogP contribution in [-0.2, 0) is 4.74 Å². The van der Waals surface area contributed by atoms with E-state index in [0.717, 1.165) is 44.4 Å². The van der Waals surface area contributed by atoms with Gasteiger partial charge in [-0.05, 0) is 43.8 Å². The molecule has 0 bridgehead atoms. The number of hydrogen-bond acceptors (Lipinski definition) is 2. The van der Waals surface area contributed by atoms with Gasteiger partial charge in [0.1, 0.15) is 0 Å². The average Bonchev–Trinajstić information content (AvgIpc) is 2.28. The summed E-state index contributed by atoms with van der Waals surface area (Å²) < 4.78 is 5.29. The molecule has 17 heavy (non-hydrogen) atoms. The summed E-state index contributed by atoms with van der Waals surface area (Å²) in [4.78, 5) is 2.29. The van der Waals surface area contributed by atoms with Gasteiger partial charge in [-0.15, -0.1) is 0 Å². The van der Waals surface area contributed by atoms with Crippen molar-refractivity contribution >= 4 is 17.3 Å². The lowest BCUT2D eigenvalue weighted by Gasteiger charge is -2.38. The van der Waals surface area contributed by atoms with E-state index in [0.29, 0.717) is 5.41 Å². The van der Waals surface area contributed by atoms with Crippen LogP contribution < -0.4 is 5.32 Å². The lowest BCUT2D eigenvalue weighted by atomic mass is 9.83. The van der Waals surface area contributed by atoms with Crippen LogP contribution in [0.15, 0.2) is 0 Å². The number of rotatable bonds is 5. The van der Waals surface area contributed by atoms with Gasteiger partial charge in [0.15, 0.2) is 5.11 Å². The SMILES string of the molecule is CCOCCCNC(=S)N1CCC(C)(C)CC1. The molecule has 0 spiro atoms. The van der Waals surface area contributed by atoms with Crippen molar-refractivity contribution in [3.05, 3.63) is 0 Å². The van der Waals surface area contributed by atoms with Gasteiger partial charge in [-0.3, -0.25) is 0 Å². The molecule has 100 valence electrons. The Bertz CT molecular complexity index is 234. The van der Waals surface area contributed by atoms with E-state index in [1.54, 1.807) is 0 Å². The van der Waals surface area contributed by atoms with Crippen LogP contribution in [0.3, 0.4) is 0 Å². The van der Waals surface area contributed by atoms with Gasteiger partial charge in [0.2, 0.25) is 0 Å². The Labute approximate surface area is 111 Å². The number of piperidine rings is 1. The molecule has 0 radical (unpaired) electrons. The van der Waals surface area contributed by atoms with Crippen molar-refractivity contribution < 1.29 is 4.74 Å². The first kappa shape index (κ1) is 14.7. The lowest BCUT2D eigenvalue weighted by molar-refractivity contribution is 0.145. The number of nitrogens with zero attached hydrogens (tertiary/aromatic N) is 1. The Kier molecular flexibility index (Phi) is 6.20. The van der Waals surface area contributed by atoms with E-state index in [2.05, 4.69) is 24.1 Å². The molecule has 1 rings (SSSR count). The van der Waals surface area contributed by atoms with Gasteiger partial charge >= 0.3 is 0 Å². The van der Waals surface area contributed by atoms with Gasteiger partial charge in [0.05, 0.1) is 0 Å². The summed E-state index contributed by atoms with van der Waals surface area (Å²) in [6.45, 7) is 11.4. The highest BCUT2D eigenvalue weighted by Gasteiger charge is 2.26. The predicted octanol–water partition coefficient (Wildman–Crippen LogP) is 2.41. The minimum absolute atomic E-state index is 0.487. The van der Waals surface area contributed by atoms with Crippen molar-refractivity contribution in [1.82, 2.24) is 10.2 Å². The second-order valence-corrected chi connectivity index (χ2v) is 5.82. The minimum Gasteiger partial charge on any atom is -0.382 e. The highest BCUT2D eigenvalue weighted by atomic mass is 32.1. The zero-order chi connectivity index (χ0) is 12.7. The highest BCUT2D eigenvalue weighted by Crippen LogP contribution is 2.29. The molecular weight excluding hydrogens is 232 g/mol. The number of likely N-dealkylation sites (tertiary alicyclic amines) is 1. The summed E-state index contributed by atoms with van der Waals surface area (Å²) in [6.07, 6.45) is 3.48. The maximum atomic E-state index is 5.40. The fraction of sp³-hybridized carbons (Fsp3) is 0.923. The normalized spacial score (nSPS) is 19.1. The van der Waals surface area contributed by atoms with Crippen LogP contribution in [0, 0.1) is 5.41 Å². The molecule has 0 unspecified atom stereocenters. The van der Waals surface area contributed by atoms with E-state index in [1.807, 2.05) is 6.92 Å². The van der Waals surface area contributed by atoms with Gasteiger partial charge in [-0.2, -0.15) is 0 Å². The number of thiocarbonyl (C=S) groups is 1. The molecule has 0 saturated carbocycles. The fourth-order valence-corrected chi connectivity index (χ4v) is 2.23. The molecular formula is C13H26N2OS. The van der Waals surface area contributed by atoms with Gasteiger partial charge in [-0.1, -0.05) is 13.8 Å². The zero-order valence-electron chi connectivity index (χ0n) is 11.4. The largest absolute Gasteiger partial charge is 0.382 e. The van der Waals surface area contributed by atoms with Crippen molar-refractivity contribution in [2.45, 2.75) is 40.0 Å². The summed E-state index contributed by atoms with van der Waals surface area (Å²) in [7, 11) is 0. The number of ether oxygens (including phenoxy) is 1. The quantitative estimate of drug-likeness (QED) is 0.604. The Morgan fingerprint density at radius 1 is 1.35 bits per heavy atom. The van der Waals surface area contributed by atoms with Gasteiger partial charge in [-0.25, -0.2) is 0 Å². The first-order valence-electron chi connectivity index (χ1n) is 6.66. The third-order valence-corrected chi connectivity index (χ3v) is 3.75. The molecule has 1 N–H and O–H groups in total. The highest BCUT2D eigenvalue weighted by molar-refractivity contribution is 7.80. The van der Waals surface area contributed by atoms with Crippen molar-refractivity contribution in [1.29, 1.82) is 0 Å². The minimum atomic E-state index is 0.487. The van der Waals surface area contributed by atoms with E-state index in [4.69, 9.17) is 17.0 Å².